The second kappa shape index (κ2) is 3.97. The molecule has 0 saturated carbocycles. The number of benzene rings is 1. The molecule has 1 atom stereocenters. The molecule has 1 radical (unpaired) electrons. The molecule has 3 nitrogen and oxygen atoms in total. The van der Waals surface area contributed by atoms with Gasteiger partial charge in [0.1, 0.15) is 11.5 Å². The van der Waals surface area contributed by atoms with Gasteiger partial charge in [0.25, 0.3) is 0 Å². The number of ether oxygens (including phenoxy) is 2. The van der Waals surface area contributed by atoms with E-state index >= 15 is 0 Å². The molecule has 1 N–H and O–H groups in total. The van der Waals surface area contributed by atoms with E-state index in [4.69, 9.17) is 14.6 Å². The summed E-state index contributed by atoms with van der Waals surface area (Å²) in [4.78, 5) is 0. The zero-order valence-corrected chi connectivity index (χ0v) is 6.86. The molecule has 0 amide bonds. The van der Waals surface area contributed by atoms with Crippen LogP contribution in [0, 0.1) is 6.92 Å². The zero-order chi connectivity index (χ0) is 8.97. The first-order valence-electron chi connectivity index (χ1n) is 3.54. The average molecular weight is 167 g/mol. The van der Waals surface area contributed by atoms with Crippen molar-refractivity contribution in [1.82, 2.24) is 0 Å². The van der Waals surface area contributed by atoms with Crippen LogP contribution in [0.1, 0.15) is 0 Å². The predicted molar refractivity (Wildman–Crippen MR) is 45.0 cm³/mol. The summed E-state index contributed by atoms with van der Waals surface area (Å²) in [5.41, 5.74) is 0. The summed E-state index contributed by atoms with van der Waals surface area (Å²) in [6.07, 6.45) is -1.03. The van der Waals surface area contributed by atoms with Gasteiger partial charge in [0.2, 0.25) is 0 Å². The van der Waals surface area contributed by atoms with Crippen LogP contribution in [-0.2, 0) is 0 Å². The third-order valence-electron chi connectivity index (χ3n) is 1.33. The first-order chi connectivity index (χ1) is 5.72. The highest BCUT2D eigenvalue weighted by molar-refractivity contribution is 5.31. The van der Waals surface area contributed by atoms with Gasteiger partial charge in [-0.25, -0.2) is 0 Å². The molecular weight excluding hydrogens is 156 g/mol. The van der Waals surface area contributed by atoms with Crippen molar-refractivity contribution >= 4 is 0 Å². The molecule has 0 fully saturated rings. The molecule has 0 heterocycles. The van der Waals surface area contributed by atoms with Crippen LogP contribution in [0.4, 0.5) is 0 Å². The molecule has 1 unspecified atom stereocenters. The van der Waals surface area contributed by atoms with Crippen LogP contribution in [0.2, 0.25) is 0 Å². The fraction of sp³-hybridized carbons (Fsp3) is 0.222. The summed E-state index contributed by atoms with van der Waals surface area (Å²) in [6.45, 7) is 3.28. The number of aliphatic hydroxyl groups excluding tert-OH is 1. The third-order valence-corrected chi connectivity index (χ3v) is 1.33. The number of methoxy groups -OCH3 is 1. The van der Waals surface area contributed by atoms with Gasteiger partial charge >= 0.3 is 0 Å². The third kappa shape index (κ3) is 2.43. The minimum atomic E-state index is -1.03. The van der Waals surface area contributed by atoms with E-state index in [1.165, 1.54) is 0 Å². The monoisotopic (exact) mass is 167 g/mol. The second-order valence-electron chi connectivity index (χ2n) is 2.25. The number of rotatable bonds is 3. The molecule has 1 aromatic carbocycles. The lowest BCUT2D eigenvalue weighted by Crippen LogP contribution is -2.09. The van der Waals surface area contributed by atoms with E-state index in [2.05, 4.69) is 6.92 Å². The van der Waals surface area contributed by atoms with Crippen LogP contribution in [0.3, 0.4) is 0 Å². The summed E-state index contributed by atoms with van der Waals surface area (Å²) < 4.78 is 9.84. The van der Waals surface area contributed by atoms with Crippen molar-refractivity contribution in [2.45, 2.75) is 6.29 Å². The largest absolute Gasteiger partial charge is 0.497 e. The Morgan fingerprint density at radius 3 is 2.17 bits per heavy atom. The normalized spacial score (nSPS) is 12.2. The molecule has 0 aliphatic rings. The van der Waals surface area contributed by atoms with Gasteiger partial charge in [0.05, 0.1) is 7.11 Å². The van der Waals surface area contributed by atoms with E-state index in [0.29, 0.717) is 5.75 Å². The first kappa shape index (κ1) is 8.87. The number of hydrogen-bond acceptors (Lipinski definition) is 3. The van der Waals surface area contributed by atoms with Crippen molar-refractivity contribution in [3.63, 3.8) is 0 Å². The van der Waals surface area contributed by atoms with Crippen LogP contribution in [0.5, 0.6) is 11.5 Å². The highest BCUT2D eigenvalue weighted by atomic mass is 16.6. The smallest absolute Gasteiger partial charge is 0.197 e. The van der Waals surface area contributed by atoms with E-state index in [9.17, 15) is 0 Å². The predicted octanol–water partition coefficient (Wildman–Crippen LogP) is 1.23. The van der Waals surface area contributed by atoms with E-state index in [0.717, 1.165) is 5.75 Å². The zero-order valence-electron chi connectivity index (χ0n) is 6.86. The Hall–Kier alpha value is -1.22. The van der Waals surface area contributed by atoms with Gasteiger partial charge in [0.15, 0.2) is 6.29 Å². The highest BCUT2D eigenvalue weighted by Crippen LogP contribution is 2.17. The molecule has 0 saturated heterocycles. The maximum Gasteiger partial charge on any atom is 0.197 e. The molecule has 0 aromatic heterocycles. The molecule has 12 heavy (non-hydrogen) atoms. The van der Waals surface area contributed by atoms with Crippen LogP contribution >= 0.6 is 0 Å². The summed E-state index contributed by atoms with van der Waals surface area (Å²) >= 11 is 0. The maximum absolute atomic E-state index is 8.77. The van der Waals surface area contributed by atoms with Crippen molar-refractivity contribution < 1.29 is 14.6 Å². The van der Waals surface area contributed by atoms with Gasteiger partial charge in [-0.2, -0.15) is 0 Å². The van der Waals surface area contributed by atoms with Crippen molar-refractivity contribution in [3.05, 3.63) is 31.2 Å². The minimum absolute atomic E-state index is 0.568. The molecule has 3 heteroatoms. The summed E-state index contributed by atoms with van der Waals surface area (Å²) in [5, 5.41) is 8.77. The SMILES string of the molecule is [CH2]C(O)Oc1ccc(OC)cc1. The van der Waals surface area contributed by atoms with Gasteiger partial charge in [-0.05, 0) is 24.3 Å². The van der Waals surface area contributed by atoms with Crippen LogP contribution in [0.25, 0.3) is 0 Å². The summed E-state index contributed by atoms with van der Waals surface area (Å²) in [7, 11) is 1.59. The summed E-state index contributed by atoms with van der Waals surface area (Å²) in [5.74, 6) is 1.32. The van der Waals surface area contributed by atoms with Gasteiger partial charge in [-0.15, -0.1) is 0 Å². The van der Waals surface area contributed by atoms with Gasteiger partial charge in [0, 0.05) is 6.92 Å². The number of hydrogen-bond donors (Lipinski definition) is 1. The molecule has 65 valence electrons. The van der Waals surface area contributed by atoms with Crippen LogP contribution in [0.15, 0.2) is 24.3 Å². The average Bonchev–Trinajstić information content (AvgIpc) is 2.05. The van der Waals surface area contributed by atoms with E-state index < -0.39 is 6.29 Å². The fourth-order valence-electron chi connectivity index (χ4n) is 0.811. The number of aliphatic hydroxyl groups is 1. The molecule has 0 aliphatic carbocycles. The van der Waals surface area contributed by atoms with E-state index in [1.54, 1.807) is 31.4 Å². The van der Waals surface area contributed by atoms with Crippen molar-refractivity contribution in [3.8, 4) is 11.5 Å². The Morgan fingerprint density at radius 1 is 1.25 bits per heavy atom. The molecule has 0 bridgehead atoms. The second-order valence-corrected chi connectivity index (χ2v) is 2.25. The lowest BCUT2D eigenvalue weighted by molar-refractivity contribution is 0.0222. The Labute approximate surface area is 71.5 Å². The Bertz CT molecular complexity index is 228. The topological polar surface area (TPSA) is 38.7 Å². The van der Waals surface area contributed by atoms with Crippen molar-refractivity contribution in [1.29, 1.82) is 0 Å². The quantitative estimate of drug-likeness (QED) is 0.688. The maximum atomic E-state index is 8.77. The molecule has 0 aliphatic heterocycles. The van der Waals surface area contributed by atoms with Crippen LogP contribution < -0.4 is 9.47 Å². The van der Waals surface area contributed by atoms with E-state index in [-0.39, 0.29) is 0 Å². The molecule has 1 rings (SSSR count). The van der Waals surface area contributed by atoms with Crippen molar-refractivity contribution in [2.75, 3.05) is 7.11 Å². The molecule has 0 spiro atoms. The minimum Gasteiger partial charge on any atom is -0.497 e. The van der Waals surface area contributed by atoms with Crippen LogP contribution in [-0.4, -0.2) is 18.5 Å². The summed E-state index contributed by atoms with van der Waals surface area (Å²) in [6, 6.07) is 6.90. The van der Waals surface area contributed by atoms with E-state index in [1.807, 2.05) is 0 Å². The molecule has 1 aromatic rings. The highest BCUT2D eigenvalue weighted by Gasteiger charge is 1.97. The lowest BCUT2D eigenvalue weighted by Gasteiger charge is -2.08. The Kier molecular flexibility index (Phi) is 2.94. The van der Waals surface area contributed by atoms with Gasteiger partial charge in [-0.3, -0.25) is 0 Å². The fourth-order valence-corrected chi connectivity index (χ4v) is 0.811. The van der Waals surface area contributed by atoms with Crippen molar-refractivity contribution in [2.24, 2.45) is 0 Å². The van der Waals surface area contributed by atoms with Gasteiger partial charge in [-0.1, -0.05) is 0 Å². The lowest BCUT2D eigenvalue weighted by atomic mass is 10.3. The Morgan fingerprint density at radius 2 is 1.75 bits per heavy atom. The molecular formula is C9H11O3. The standard InChI is InChI=1S/C9H11O3/c1-7(10)12-9-5-3-8(11-2)4-6-9/h3-7,10H,1H2,2H3. The van der Waals surface area contributed by atoms with Gasteiger partial charge < -0.3 is 14.6 Å². The Balaban J connectivity index is 2.65. The first-order valence-corrected chi connectivity index (χ1v) is 3.54.